The lowest BCUT2D eigenvalue weighted by Gasteiger charge is -2.09. The fourth-order valence-corrected chi connectivity index (χ4v) is 2.83. The fraction of sp³-hybridized carbons (Fsp3) is 0.217. The molecule has 0 aliphatic rings. The number of unbranched alkanes of at least 4 members (excludes halogenated alkanes) is 1. The Morgan fingerprint density at radius 2 is 1.96 bits per heavy atom. The molecular formula is C23H22O5. The standard InChI is InChI=1S/C23H22O5/c1-3-4-13-27-22-20(12-9-16-8-6-5-7-15(16)2)28-19-11-10-17(23(25)26)14-18(19)21(22)24/h5-12,14H,3-4,13H2,1-2H3,(H,25,26). The normalized spacial score (nSPS) is 11.2. The zero-order valence-corrected chi connectivity index (χ0v) is 15.9. The van der Waals surface area contributed by atoms with Gasteiger partial charge in [-0.05, 0) is 48.7 Å². The minimum Gasteiger partial charge on any atom is -0.486 e. The summed E-state index contributed by atoms with van der Waals surface area (Å²) in [4.78, 5) is 24.2. The van der Waals surface area contributed by atoms with Gasteiger partial charge in [-0.25, -0.2) is 4.79 Å². The second-order valence-corrected chi connectivity index (χ2v) is 6.53. The van der Waals surface area contributed by atoms with Crippen LogP contribution in [0.2, 0.25) is 0 Å². The number of aromatic carboxylic acids is 1. The number of hydrogen-bond acceptors (Lipinski definition) is 4. The summed E-state index contributed by atoms with van der Waals surface area (Å²) in [5, 5.41) is 9.39. The molecule has 3 aromatic rings. The maximum absolute atomic E-state index is 13.0. The van der Waals surface area contributed by atoms with E-state index in [0.29, 0.717) is 18.0 Å². The van der Waals surface area contributed by atoms with Crippen LogP contribution in [0.5, 0.6) is 5.75 Å². The molecule has 1 heterocycles. The van der Waals surface area contributed by atoms with E-state index in [9.17, 15) is 14.7 Å². The molecule has 0 fully saturated rings. The summed E-state index contributed by atoms with van der Waals surface area (Å²) < 4.78 is 11.6. The minimum atomic E-state index is -1.10. The van der Waals surface area contributed by atoms with Crippen LogP contribution in [0, 0.1) is 6.92 Å². The van der Waals surface area contributed by atoms with Crippen molar-refractivity contribution in [3.8, 4) is 5.75 Å². The van der Waals surface area contributed by atoms with Gasteiger partial charge < -0.3 is 14.3 Å². The van der Waals surface area contributed by atoms with Crippen molar-refractivity contribution in [2.45, 2.75) is 26.7 Å². The van der Waals surface area contributed by atoms with E-state index in [4.69, 9.17) is 9.15 Å². The Morgan fingerprint density at radius 3 is 2.68 bits per heavy atom. The first kappa shape index (κ1) is 19.4. The monoisotopic (exact) mass is 378 g/mol. The van der Waals surface area contributed by atoms with Crippen molar-refractivity contribution in [1.82, 2.24) is 0 Å². The predicted molar refractivity (Wildman–Crippen MR) is 110 cm³/mol. The quantitative estimate of drug-likeness (QED) is 0.576. The van der Waals surface area contributed by atoms with Gasteiger partial charge in [0, 0.05) is 0 Å². The Morgan fingerprint density at radius 1 is 1.18 bits per heavy atom. The molecule has 0 spiro atoms. The highest BCUT2D eigenvalue weighted by molar-refractivity contribution is 5.93. The average molecular weight is 378 g/mol. The molecule has 0 radical (unpaired) electrons. The third kappa shape index (κ3) is 4.14. The largest absolute Gasteiger partial charge is 0.486 e. The Bertz CT molecular complexity index is 1090. The van der Waals surface area contributed by atoms with E-state index in [0.717, 1.165) is 24.0 Å². The van der Waals surface area contributed by atoms with E-state index in [1.54, 1.807) is 6.08 Å². The van der Waals surface area contributed by atoms with Crippen molar-refractivity contribution in [1.29, 1.82) is 0 Å². The van der Waals surface area contributed by atoms with Crippen LogP contribution >= 0.6 is 0 Å². The average Bonchev–Trinajstić information content (AvgIpc) is 2.69. The summed E-state index contributed by atoms with van der Waals surface area (Å²) in [6.07, 6.45) is 5.32. The Balaban J connectivity index is 2.12. The number of carboxylic acid groups (broad SMARTS) is 1. The van der Waals surface area contributed by atoms with E-state index >= 15 is 0 Å². The van der Waals surface area contributed by atoms with Crippen molar-refractivity contribution < 1.29 is 19.1 Å². The molecule has 0 aliphatic heterocycles. The van der Waals surface area contributed by atoms with Gasteiger partial charge >= 0.3 is 5.97 Å². The first-order chi connectivity index (χ1) is 13.5. The molecule has 5 heteroatoms. The van der Waals surface area contributed by atoms with Crippen LogP contribution in [0.3, 0.4) is 0 Å². The second kappa shape index (κ2) is 8.57. The third-order valence-electron chi connectivity index (χ3n) is 4.47. The number of carbonyl (C=O) groups is 1. The van der Waals surface area contributed by atoms with Gasteiger partial charge in [-0.1, -0.05) is 43.7 Å². The van der Waals surface area contributed by atoms with Crippen molar-refractivity contribution in [2.75, 3.05) is 6.61 Å². The van der Waals surface area contributed by atoms with Gasteiger partial charge in [0.25, 0.3) is 0 Å². The molecular weight excluding hydrogens is 356 g/mol. The van der Waals surface area contributed by atoms with Gasteiger partial charge in [0.1, 0.15) is 5.58 Å². The number of aryl methyl sites for hydroxylation is 1. The summed E-state index contributed by atoms with van der Waals surface area (Å²) in [6.45, 7) is 4.42. The number of rotatable bonds is 7. The fourth-order valence-electron chi connectivity index (χ4n) is 2.83. The van der Waals surface area contributed by atoms with Crippen LogP contribution < -0.4 is 10.2 Å². The summed E-state index contributed by atoms with van der Waals surface area (Å²) in [6, 6.07) is 12.1. The molecule has 0 bridgehead atoms. The van der Waals surface area contributed by atoms with Gasteiger partial charge in [-0.15, -0.1) is 0 Å². The predicted octanol–water partition coefficient (Wildman–Crippen LogP) is 5.15. The van der Waals surface area contributed by atoms with Crippen LogP contribution in [-0.2, 0) is 0 Å². The number of ether oxygens (including phenoxy) is 1. The smallest absolute Gasteiger partial charge is 0.335 e. The molecule has 5 nitrogen and oxygen atoms in total. The maximum atomic E-state index is 13.0. The molecule has 1 N–H and O–H groups in total. The number of carboxylic acids is 1. The zero-order chi connectivity index (χ0) is 20.1. The van der Waals surface area contributed by atoms with Crippen LogP contribution in [0.4, 0.5) is 0 Å². The van der Waals surface area contributed by atoms with Crippen molar-refractivity contribution in [3.05, 3.63) is 75.1 Å². The van der Waals surface area contributed by atoms with E-state index in [1.165, 1.54) is 18.2 Å². The number of hydrogen-bond donors (Lipinski definition) is 1. The SMILES string of the molecule is CCCCOc1c(C=Cc2ccccc2C)oc2ccc(C(=O)O)cc2c1=O. The van der Waals surface area contributed by atoms with Crippen molar-refractivity contribution in [2.24, 2.45) is 0 Å². The second-order valence-electron chi connectivity index (χ2n) is 6.53. The highest BCUT2D eigenvalue weighted by Gasteiger charge is 2.16. The molecule has 144 valence electrons. The van der Waals surface area contributed by atoms with Crippen LogP contribution in [0.15, 0.2) is 51.7 Å². The number of benzene rings is 2. The molecule has 0 unspecified atom stereocenters. The lowest BCUT2D eigenvalue weighted by atomic mass is 10.1. The van der Waals surface area contributed by atoms with Crippen LogP contribution in [0.25, 0.3) is 23.1 Å². The van der Waals surface area contributed by atoms with Gasteiger partial charge in [0.2, 0.25) is 11.2 Å². The Labute approximate surface area is 162 Å². The number of fused-ring (bicyclic) bond motifs is 1. The Kier molecular flexibility index (Phi) is 5.94. The zero-order valence-electron chi connectivity index (χ0n) is 15.9. The van der Waals surface area contributed by atoms with Gasteiger partial charge in [0.05, 0.1) is 17.6 Å². The van der Waals surface area contributed by atoms with E-state index in [1.807, 2.05) is 44.2 Å². The lowest BCUT2D eigenvalue weighted by molar-refractivity contribution is 0.0697. The molecule has 0 saturated carbocycles. The van der Waals surface area contributed by atoms with Gasteiger partial charge in [0.15, 0.2) is 5.76 Å². The van der Waals surface area contributed by atoms with Crippen LogP contribution in [0.1, 0.15) is 47.0 Å². The van der Waals surface area contributed by atoms with Crippen LogP contribution in [-0.4, -0.2) is 17.7 Å². The molecule has 0 aliphatic carbocycles. The topological polar surface area (TPSA) is 76.7 Å². The van der Waals surface area contributed by atoms with E-state index < -0.39 is 5.97 Å². The van der Waals surface area contributed by atoms with Gasteiger partial charge in [-0.2, -0.15) is 0 Å². The van der Waals surface area contributed by atoms with Crippen molar-refractivity contribution >= 4 is 29.1 Å². The third-order valence-corrected chi connectivity index (χ3v) is 4.47. The summed E-state index contributed by atoms with van der Waals surface area (Å²) >= 11 is 0. The first-order valence-corrected chi connectivity index (χ1v) is 9.22. The highest BCUT2D eigenvalue weighted by Crippen LogP contribution is 2.25. The molecule has 2 aromatic carbocycles. The molecule has 0 amide bonds. The van der Waals surface area contributed by atoms with Gasteiger partial charge in [-0.3, -0.25) is 4.79 Å². The molecule has 0 saturated heterocycles. The molecule has 1 aromatic heterocycles. The first-order valence-electron chi connectivity index (χ1n) is 9.22. The van der Waals surface area contributed by atoms with E-state index in [-0.39, 0.29) is 22.1 Å². The summed E-state index contributed by atoms with van der Waals surface area (Å²) in [5.41, 5.74) is 2.09. The summed E-state index contributed by atoms with van der Waals surface area (Å²) in [5.74, 6) is -0.675. The van der Waals surface area contributed by atoms with Crippen molar-refractivity contribution in [3.63, 3.8) is 0 Å². The van der Waals surface area contributed by atoms with E-state index in [2.05, 4.69) is 0 Å². The Hall–Kier alpha value is -3.34. The molecule has 0 atom stereocenters. The highest BCUT2D eigenvalue weighted by atomic mass is 16.5. The molecule has 3 rings (SSSR count). The lowest BCUT2D eigenvalue weighted by Crippen LogP contribution is -2.12. The maximum Gasteiger partial charge on any atom is 0.335 e. The molecule has 28 heavy (non-hydrogen) atoms. The minimum absolute atomic E-state index is 0.0301. The summed E-state index contributed by atoms with van der Waals surface area (Å²) in [7, 11) is 0.